The van der Waals surface area contributed by atoms with Crippen LogP contribution in [0.4, 0.5) is 0 Å². The topological polar surface area (TPSA) is 88.5 Å². The Morgan fingerprint density at radius 2 is 2.05 bits per heavy atom. The number of nitrogens with zero attached hydrogens (tertiary/aromatic N) is 1. The first-order valence-electron chi connectivity index (χ1n) is 6.64. The van der Waals surface area contributed by atoms with Crippen LogP contribution < -0.4 is 9.61 Å². The fourth-order valence-corrected chi connectivity index (χ4v) is 3.69. The first-order chi connectivity index (χ1) is 10.3. The minimum absolute atomic E-state index is 0.233. The van der Waals surface area contributed by atoms with Gasteiger partial charge in [-0.1, -0.05) is 32.0 Å². The summed E-state index contributed by atoms with van der Waals surface area (Å²) >= 11 is 5.89. The summed E-state index contributed by atoms with van der Waals surface area (Å²) in [7, 11) is 0. The smallest absolute Gasteiger partial charge is 0.409 e. The van der Waals surface area contributed by atoms with Crippen molar-refractivity contribution in [3.8, 4) is 5.75 Å². The van der Waals surface area contributed by atoms with E-state index in [1.807, 2.05) is 12.1 Å². The Bertz CT molecular complexity index is 732. The van der Waals surface area contributed by atoms with Gasteiger partial charge >= 0.3 is 12.8 Å². The molecule has 118 valence electrons. The summed E-state index contributed by atoms with van der Waals surface area (Å²) in [4.78, 5) is 15.3. The Morgan fingerprint density at radius 3 is 2.68 bits per heavy atom. The van der Waals surface area contributed by atoms with E-state index in [9.17, 15) is 9.36 Å². The number of nitrogens with one attached hydrogen (secondary N) is 1. The number of benzene rings is 1. The highest BCUT2D eigenvalue weighted by Crippen LogP contribution is 2.50. The number of pyridine rings is 1. The van der Waals surface area contributed by atoms with Crippen LogP contribution in [-0.4, -0.2) is 22.1 Å². The molecule has 0 aliphatic carbocycles. The molecule has 1 aromatic heterocycles. The van der Waals surface area contributed by atoms with Crippen molar-refractivity contribution >= 4 is 35.0 Å². The summed E-state index contributed by atoms with van der Waals surface area (Å²) in [6.07, 6.45) is 1.58. The lowest BCUT2D eigenvalue weighted by Crippen LogP contribution is -2.38. The summed E-state index contributed by atoms with van der Waals surface area (Å²) in [5, 5.41) is 12.3. The molecule has 8 heteroatoms. The Kier molecular flexibility index (Phi) is 5.06. The maximum absolute atomic E-state index is 12.4. The number of aliphatic carboxylic acids is 1. The zero-order valence-electron chi connectivity index (χ0n) is 12.1. The molecule has 2 atom stereocenters. The van der Waals surface area contributed by atoms with Gasteiger partial charge in [0.25, 0.3) is 0 Å². The zero-order chi connectivity index (χ0) is 16.3. The van der Waals surface area contributed by atoms with Crippen molar-refractivity contribution < 1.29 is 19.0 Å². The van der Waals surface area contributed by atoms with Gasteiger partial charge in [0.1, 0.15) is 11.6 Å². The van der Waals surface area contributed by atoms with Gasteiger partial charge < -0.3 is 9.63 Å². The zero-order valence-corrected chi connectivity index (χ0v) is 13.7. The molecule has 2 N–H and O–H groups in total. The van der Waals surface area contributed by atoms with Gasteiger partial charge in [0.2, 0.25) is 0 Å². The van der Waals surface area contributed by atoms with Crippen LogP contribution in [0.1, 0.15) is 13.8 Å². The molecule has 1 aromatic carbocycles. The second-order valence-corrected chi connectivity index (χ2v) is 7.83. The third kappa shape index (κ3) is 3.97. The van der Waals surface area contributed by atoms with Gasteiger partial charge in [0.15, 0.2) is 5.75 Å². The quantitative estimate of drug-likeness (QED) is 0.779. The SMILES string of the molecule is CC(C)C(NP(=O)(Cl)Oc1cccc2cccnc12)C(=O)O. The summed E-state index contributed by atoms with van der Waals surface area (Å²) in [5.74, 6) is -1.22. The largest absolute Gasteiger partial charge is 0.480 e. The predicted molar refractivity (Wildman–Crippen MR) is 85.2 cm³/mol. The van der Waals surface area contributed by atoms with Gasteiger partial charge in [-0.2, -0.15) is 0 Å². The summed E-state index contributed by atoms with van der Waals surface area (Å²) in [6, 6.07) is 7.65. The predicted octanol–water partition coefficient (Wildman–Crippen LogP) is 3.66. The molecule has 0 radical (unpaired) electrons. The van der Waals surface area contributed by atoms with Crippen molar-refractivity contribution in [3.05, 3.63) is 36.5 Å². The third-order valence-electron chi connectivity index (χ3n) is 3.04. The minimum Gasteiger partial charge on any atom is -0.480 e. The van der Waals surface area contributed by atoms with E-state index in [0.29, 0.717) is 5.52 Å². The number of fused-ring (bicyclic) bond motifs is 1. The first-order valence-corrected chi connectivity index (χ1v) is 9.17. The Hall–Kier alpha value is -1.62. The van der Waals surface area contributed by atoms with Crippen molar-refractivity contribution in [1.82, 2.24) is 10.1 Å². The molecule has 0 spiro atoms. The number of para-hydroxylation sites is 1. The molecule has 22 heavy (non-hydrogen) atoms. The Balaban J connectivity index is 2.27. The average molecular weight is 343 g/mol. The Morgan fingerprint density at radius 1 is 1.36 bits per heavy atom. The van der Waals surface area contributed by atoms with Gasteiger partial charge in [0.05, 0.1) is 0 Å². The normalized spacial score (nSPS) is 15.5. The van der Waals surface area contributed by atoms with E-state index < -0.39 is 18.9 Å². The number of halogens is 1. The highest BCUT2D eigenvalue weighted by atomic mass is 35.7. The van der Waals surface area contributed by atoms with E-state index in [1.165, 1.54) is 0 Å². The van der Waals surface area contributed by atoms with Crippen LogP contribution in [-0.2, 0) is 9.36 Å². The first kappa shape index (κ1) is 16.7. The molecule has 2 unspecified atom stereocenters. The molecule has 0 aliphatic heterocycles. The molecular formula is C14H16ClN2O4P. The van der Waals surface area contributed by atoms with E-state index in [0.717, 1.165) is 5.39 Å². The molecule has 1 heterocycles. The van der Waals surface area contributed by atoms with Crippen LogP contribution in [0.5, 0.6) is 5.75 Å². The minimum atomic E-state index is -3.88. The van der Waals surface area contributed by atoms with Gasteiger partial charge in [0, 0.05) is 22.8 Å². The lowest BCUT2D eigenvalue weighted by molar-refractivity contribution is -0.140. The second-order valence-electron chi connectivity index (χ2n) is 5.09. The van der Waals surface area contributed by atoms with Crippen molar-refractivity contribution in [2.75, 3.05) is 0 Å². The van der Waals surface area contributed by atoms with Gasteiger partial charge in [-0.3, -0.25) is 9.78 Å². The highest BCUT2D eigenvalue weighted by molar-refractivity contribution is 7.84. The summed E-state index contributed by atoms with van der Waals surface area (Å²) in [5.41, 5.74) is 0.504. The van der Waals surface area contributed by atoms with Crippen molar-refractivity contribution in [3.63, 3.8) is 0 Å². The van der Waals surface area contributed by atoms with Crippen LogP contribution in [0.3, 0.4) is 0 Å². The molecular weight excluding hydrogens is 327 g/mol. The average Bonchev–Trinajstić information content (AvgIpc) is 2.44. The molecule has 0 amide bonds. The fourth-order valence-electron chi connectivity index (χ4n) is 1.96. The number of hydrogen-bond donors (Lipinski definition) is 2. The van der Waals surface area contributed by atoms with E-state index in [2.05, 4.69) is 10.1 Å². The molecule has 2 aromatic rings. The lowest BCUT2D eigenvalue weighted by Gasteiger charge is -2.21. The Labute approximate surface area is 132 Å². The van der Waals surface area contributed by atoms with Crippen molar-refractivity contribution in [2.24, 2.45) is 5.92 Å². The van der Waals surface area contributed by atoms with E-state index in [-0.39, 0.29) is 11.7 Å². The van der Waals surface area contributed by atoms with E-state index >= 15 is 0 Å². The lowest BCUT2D eigenvalue weighted by atomic mass is 10.1. The third-order valence-corrected chi connectivity index (χ3v) is 4.56. The van der Waals surface area contributed by atoms with E-state index in [4.69, 9.17) is 20.9 Å². The number of carboxylic acids is 1. The molecule has 0 bridgehead atoms. The van der Waals surface area contributed by atoms with Crippen molar-refractivity contribution in [2.45, 2.75) is 19.9 Å². The van der Waals surface area contributed by atoms with E-state index in [1.54, 1.807) is 38.2 Å². The molecule has 0 fully saturated rings. The van der Waals surface area contributed by atoms with Crippen LogP contribution in [0.2, 0.25) is 0 Å². The number of carboxylic acid groups (broad SMARTS) is 1. The van der Waals surface area contributed by atoms with Crippen LogP contribution in [0, 0.1) is 5.92 Å². The van der Waals surface area contributed by atoms with Gasteiger partial charge in [-0.05, 0) is 18.1 Å². The molecule has 2 rings (SSSR count). The van der Waals surface area contributed by atoms with Crippen molar-refractivity contribution in [1.29, 1.82) is 0 Å². The monoisotopic (exact) mass is 342 g/mol. The number of carbonyl (C=O) groups is 1. The molecule has 0 saturated heterocycles. The standard InChI is InChI=1S/C14H16ClN2O4P/c1-9(2)12(14(18)19)17-22(15,20)21-11-7-3-5-10-6-4-8-16-13(10)11/h3-9,12H,1-2H3,(H,17,20)(H,18,19). The fraction of sp³-hybridized carbons (Fsp3) is 0.286. The molecule has 0 aliphatic rings. The molecule has 6 nitrogen and oxygen atoms in total. The van der Waals surface area contributed by atoms with Gasteiger partial charge in [-0.25, -0.2) is 9.65 Å². The van der Waals surface area contributed by atoms with Crippen LogP contribution in [0.15, 0.2) is 36.5 Å². The second kappa shape index (κ2) is 6.65. The van der Waals surface area contributed by atoms with Gasteiger partial charge in [-0.15, -0.1) is 0 Å². The summed E-state index contributed by atoms with van der Waals surface area (Å²) < 4.78 is 17.7. The maximum Gasteiger partial charge on any atom is 0.409 e. The number of rotatable bonds is 6. The number of hydrogen-bond acceptors (Lipinski definition) is 4. The molecule has 0 saturated carbocycles. The highest BCUT2D eigenvalue weighted by Gasteiger charge is 2.32. The number of aromatic nitrogens is 1. The maximum atomic E-state index is 12.4. The van der Waals surface area contributed by atoms with Crippen LogP contribution >= 0.6 is 18.1 Å². The van der Waals surface area contributed by atoms with Crippen LogP contribution in [0.25, 0.3) is 10.9 Å². The summed E-state index contributed by atoms with van der Waals surface area (Å²) in [6.45, 7) is -0.516.